The van der Waals surface area contributed by atoms with Gasteiger partial charge in [0.15, 0.2) is 0 Å². The fourth-order valence-electron chi connectivity index (χ4n) is 9.96. The van der Waals surface area contributed by atoms with Gasteiger partial charge in [0.25, 0.3) is 0 Å². The molecule has 4 aliphatic rings. The Morgan fingerprint density at radius 3 is 2.49 bits per heavy atom. The summed E-state index contributed by atoms with van der Waals surface area (Å²) < 4.78 is 0. The SMILES string of the molecule is CCCCCCCCC(=O)C[C@H]1CC[C@@]2(C)C(=CC[C@@H]3C2CC[C@@]2(C)C3CC[C@@H]2CCCCC(C)C)C1. The molecule has 0 N–H and O–H groups in total. The zero-order valence-corrected chi connectivity index (χ0v) is 25.6. The molecule has 212 valence electrons. The van der Waals surface area contributed by atoms with Crippen LogP contribution in [0.5, 0.6) is 0 Å². The van der Waals surface area contributed by atoms with Crippen LogP contribution in [0.25, 0.3) is 0 Å². The van der Waals surface area contributed by atoms with E-state index in [2.05, 4.69) is 40.7 Å². The van der Waals surface area contributed by atoms with E-state index in [0.717, 1.165) is 48.9 Å². The molecule has 0 radical (unpaired) electrons. The monoisotopic (exact) mass is 510 g/mol. The van der Waals surface area contributed by atoms with Crippen LogP contribution in [-0.2, 0) is 4.79 Å². The normalized spacial score (nSPS) is 37.1. The molecule has 37 heavy (non-hydrogen) atoms. The zero-order valence-electron chi connectivity index (χ0n) is 25.6. The Bertz CT molecular complexity index is 763. The predicted molar refractivity (Wildman–Crippen MR) is 160 cm³/mol. The lowest BCUT2D eigenvalue weighted by Crippen LogP contribution is -2.50. The quantitative estimate of drug-likeness (QED) is 0.168. The standard InChI is InChI=1S/C36H62O/c1-6-7-8-9-10-11-16-31(37)26-28-21-23-36(5)30(25-28)17-19-32-33-20-18-29(15-13-12-14-27(2)3)35(33,4)24-22-34(32)36/h17,27-29,32-34H,6-16,18-26H2,1-5H3/t28-,29-,32-,33?,34?,35+,36-/m0/s1. The van der Waals surface area contributed by atoms with Crippen LogP contribution in [0.4, 0.5) is 0 Å². The first kappa shape index (κ1) is 29.4. The van der Waals surface area contributed by atoms with Crippen LogP contribution < -0.4 is 0 Å². The Morgan fingerprint density at radius 1 is 0.919 bits per heavy atom. The highest BCUT2D eigenvalue weighted by atomic mass is 16.1. The lowest BCUT2D eigenvalue weighted by molar-refractivity contribution is -0.120. The van der Waals surface area contributed by atoms with Crippen LogP contribution in [0.3, 0.4) is 0 Å². The summed E-state index contributed by atoms with van der Waals surface area (Å²) in [4.78, 5) is 12.8. The van der Waals surface area contributed by atoms with Gasteiger partial charge in [0.1, 0.15) is 5.78 Å². The Hall–Kier alpha value is -0.590. The van der Waals surface area contributed by atoms with E-state index in [9.17, 15) is 4.79 Å². The molecule has 7 atom stereocenters. The average molecular weight is 511 g/mol. The average Bonchev–Trinajstić information content (AvgIpc) is 3.20. The molecule has 3 saturated carbocycles. The fourth-order valence-corrected chi connectivity index (χ4v) is 9.96. The molecule has 3 fully saturated rings. The van der Waals surface area contributed by atoms with Gasteiger partial charge in [-0.3, -0.25) is 4.79 Å². The summed E-state index contributed by atoms with van der Waals surface area (Å²) in [6, 6.07) is 0. The highest BCUT2D eigenvalue weighted by Crippen LogP contribution is 2.67. The van der Waals surface area contributed by atoms with Crippen molar-refractivity contribution in [3.63, 3.8) is 0 Å². The minimum atomic E-state index is 0.429. The van der Waals surface area contributed by atoms with Gasteiger partial charge in [-0.05, 0) is 111 Å². The molecule has 0 aromatic heterocycles. The van der Waals surface area contributed by atoms with Gasteiger partial charge in [-0.15, -0.1) is 0 Å². The molecular weight excluding hydrogens is 448 g/mol. The lowest BCUT2D eigenvalue weighted by atomic mass is 9.46. The third kappa shape index (κ3) is 6.77. The number of unbranched alkanes of at least 4 members (excludes halogenated alkanes) is 6. The van der Waals surface area contributed by atoms with E-state index in [1.807, 2.05) is 0 Å². The smallest absolute Gasteiger partial charge is 0.133 e. The van der Waals surface area contributed by atoms with E-state index in [0.29, 0.717) is 22.5 Å². The topological polar surface area (TPSA) is 17.1 Å². The number of Topliss-reactive ketones (excluding diaryl/α,β-unsaturated/α-hetero) is 1. The fraction of sp³-hybridized carbons (Fsp3) is 0.917. The first-order valence-corrected chi connectivity index (χ1v) is 17.0. The maximum Gasteiger partial charge on any atom is 0.133 e. The Morgan fingerprint density at radius 2 is 1.70 bits per heavy atom. The van der Waals surface area contributed by atoms with Gasteiger partial charge in [-0.1, -0.05) is 97.6 Å². The minimum Gasteiger partial charge on any atom is -0.300 e. The van der Waals surface area contributed by atoms with Gasteiger partial charge in [-0.2, -0.15) is 0 Å². The van der Waals surface area contributed by atoms with E-state index in [1.165, 1.54) is 109 Å². The Balaban J connectivity index is 1.29. The molecule has 1 heteroatoms. The van der Waals surface area contributed by atoms with Crippen molar-refractivity contribution in [1.29, 1.82) is 0 Å². The Kier molecular flexibility index (Phi) is 10.5. The summed E-state index contributed by atoms with van der Waals surface area (Å²) in [5.41, 5.74) is 2.81. The molecule has 0 aromatic rings. The molecule has 2 unspecified atom stereocenters. The van der Waals surface area contributed by atoms with Crippen molar-refractivity contribution in [2.45, 2.75) is 163 Å². The summed E-state index contributed by atoms with van der Waals surface area (Å²) in [5, 5.41) is 0. The highest BCUT2D eigenvalue weighted by Gasteiger charge is 2.58. The van der Waals surface area contributed by atoms with E-state index in [4.69, 9.17) is 0 Å². The van der Waals surface area contributed by atoms with Crippen molar-refractivity contribution >= 4 is 5.78 Å². The molecular formula is C36H62O. The van der Waals surface area contributed by atoms with Crippen molar-refractivity contribution in [3.8, 4) is 0 Å². The van der Waals surface area contributed by atoms with Crippen LogP contribution >= 0.6 is 0 Å². The van der Waals surface area contributed by atoms with Gasteiger partial charge in [0.2, 0.25) is 0 Å². The van der Waals surface area contributed by atoms with E-state index in [1.54, 1.807) is 5.57 Å². The second kappa shape index (κ2) is 13.2. The number of ketones is 1. The maximum atomic E-state index is 12.8. The predicted octanol–water partition coefficient (Wildman–Crippen LogP) is 11.1. The molecule has 0 saturated heterocycles. The van der Waals surface area contributed by atoms with Crippen molar-refractivity contribution in [1.82, 2.24) is 0 Å². The number of carbonyl (C=O) groups is 1. The molecule has 0 aliphatic heterocycles. The van der Waals surface area contributed by atoms with Crippen LogP contribution in [0, 0.1) is 46.3 Å². The van der Waals surface area contributed by atoms with Crippen molar-refractivity contribution < 1.29 is 4.79 Å². The van der Waals surface area contributed by atoms with Gasteiger partial charge >= 0.3 is 0 Å². The largest absolute Gasteiger partial charge is 0.300 e. The number of hydrogen-bond acceptors (Lipinski definition) is 1. The summed E-state index contributed by atoms with van der Waals surface area (Å²) in [5.74, 6) is 5.82. The Labute approximate surface area is 231 Å². The van der Waals surface area contributed by atoms with Crippen LogP contribution in [0.1, 0.15) is 163 Å². The molecule has 0 bridgehead atoms. The van der Waals surface area contributed by atoms with Crippen LogP contribution in [0.2, 0.25) is 0 Å². The van der Waals surface area contributed by atoms with Gasteiger partial charge in [0.05, 0.1) is 0 Å². The zero-order chi connectivity index (χ0) is 26.5. The first-order chi connectivity index (χ1) is 17.8. The molecule has 0 aromatic carbocycles. The third-order valence-corrected chi connectivity index (χ3v) is 12.3. The van der Waals surface area contributed by atoms with E-state index in [-0.39, 0.29) is 0 Å². The van der Waals surface area contributed by atoms with Crippen molar-refractivity contribution in [2.24, 2.45) is 46.3 Å². The summed E-state index contributed by atoms with van der Waals surface area (Å²) in [7, 11) is 0. The van der Waals surface area contributed by atoms with Gasteiger partial charge in [0, 0.05) is 12.8 Å². The molecule has 4 rings (SSSR count). The van der Waals surface area contributed by atoms with Crippen molar-refractivity contribution in [3.05, 3.63) is 11.6 Å². The maximum absolute atomic E-state index is 12.8. The molecule has 0 heterocycles. The number of allylic oxidation sites excluding steroid dienone is 2. The molecule has 1 nitrogen and oxygen atoms in total. The van der Waals surface area contributed by atoms with Gasteiger partial charge in [-0.25, -0.2) is 0 Å². The molecule has 0 spiro atoms. The summed E-state index contributed by atoms with van der Waals surface area (Å²) in [6.45, 7) is 12.4. The number of rotatable bonds is 14. The number of carbonyl (C=O) groups excluding carboxylic acids is 1. The summed E-state index contributed by atoms with van der Waals surface area (Å²) in [6.07, 6.45) is 29.1. The van der Waals surface area contributed by atoms with E-state index >= 15 is 0 Å². The van der Waals surface area contributed by atoms with E-state index < -0.39 is 0 Å². The highest BCUT2D eigenvalue weighted by molar-refractivity contribution is 5.78. The van der Waals surface area contributed by atoms with Crippen LogP contribution in [0.15, 0.2) is 11.6 Å². The number of hydrogen-bond donors (Lipinski definition) is 0. The van der Waals surface area contributed by atoms with Gasteiger partial charge < -0.3 is 0 Å². The first-order valence-electron chi connectivity index (χ1n) is 17.0. The lowest BCUT2D eigenvalue weighted by Gasteiger charge is -2.58. The number of fused-ring (bicyclic) bond motifs is 5. The second-order valence-corrected chi connectivity index (χ2v) is 15.1. The second-order valence-electron chi connectivity index (χ2n) is 15.1. The molecule has 4 aliphatic carbocycles. The molecule has 0 amide bonds. The third-order valence-electron chi connectivity index (χ3n) is 12.3. The van der Waals surface area contributed by atoms with Crippen LogP contribution in [-0.4, -0.2) is 5.78 Å². The minimum absolute atomic E-state index is 0.429. The van der Waals surface area contributed by atoms with Crippen molar-refractivity contribution in [2.75, 3.05) is 0 Å². The summed E-state index contributed by atoms with van der Waals surface area (Å²) >= 11 is 0.